The van der Waals surface area contributed by atoms with E-state index in [-0.39, 0.29) is 11.8 Å². The Kier molecular flexibility index (Phi) is 6.64. The van der Waals surface area contributed by atoms with Crippen LogP contribution in [0.2, 0.25) is 0 Å². The van der Waals surface area contributed by atoms with E-state index in [4.69, 9.17) is 22.3 Å². The van der Waals surface area contributed by atoms with E-state index >= 15 is 0 Å². The van der Waals surface area contributed by atoms with Crippen molar-refractivity contribution in [3.63, 3.8) is 0 Å². The van der Waals surface area contributed by atoms with Crippen LogP contribution >= 0.6 is 23.1 Å². The topological polar surface area (TPSA) is 120 Å². The van der Waals surface area contributed by atoms with E-state index in [9.17, 15) is 4.21 Å². The molecule has 1 unspecified atom stereocenters. The van der Waals surface area contributed by atoms with Gasteiger partial charge in [-0.25, -0.2) is 4.21 Å². The molecule has 0 saturated heterocycles. The molecular weight excluding hydrogens is 434 g/mol. The third-order valence-corrected chi connectivity index (χ3v) is 8.60. The summed E-state index contributed by atoms with van der Waals surface area (Å²) in [6, 6.07) is 15.3. The maximum Gasteiger partial charge on any atom is 0.192 e. The highest BCUT2D eigenvalue weighted by Crippen LogP contribution is 2.36. The first kappa shape index (κ1) is 22.1. The molecular formula is C21H23N5OS3. The summed E-state index contributed by atoms with van der Waals surface area (Å²) < 4.78 is 14.2. The number of nitrogens with one attached hydrogen (secondary N) is 2. The number of nitrogens with two attached hydrogens (primary N) is 2. The molecule has 1 aromatic heterocycles. The third-order valence-electron chi connectivity index (χ3n) is 4.63. The summed E-state index contributed by atoms with van der Waals surface area (Å²) in [6.45, 7) is 2.00. The SMILES string of the molecule is CSc1sc(C(=N)N)cc1S(=O)c1cccc(-c2ccc(N(C)C(=N)N)cc2C)c1. The summed E-state index contributed by atoms with van der Waals surface area (Å²) in [7, 11) is 0.372. The number of hydrogen-bond donors (Lipinski definition) is 4. The van der Waals surface area contributed by atoms with E-state index in [0.29, 0.717) is 14.7 Å². The average Bonchev–Trinajstić information content (AvgIpc) is 3.17. The van der Waals surface area contributed by atoms with Crippen LogP contribution in [0.25, 0.3) is 11.1 Å². The van der Waals surface area contributed by atoms with Crippen LogP contribution in [-0.4, -0.2) is 29.3 Å². The Labute approximate surface area is 186 Å². The number of aryl methyl sites for hydroxylation is 1. The van der Waals surface area contributed by atoms with Gasteiger partial charge >= 0.3 is 0 Å². The van der Waals surface area contributed by atoms with Crippen molar-refractivity contribution < 1.29 is 4.21 Å². The summed E-state index contributed by atoms with van der Waals surface area (Å²) in [5.74, 6) is -0.0385. The smallest absolute Gasteiger partial charge is 0.192 e. The van der Waals surface area contributed by atoms with Crippen LogP contribution in [0.1, 0.15) is 10.4 Å². The van der Waals surface area contributed by atoms with Crippen molar-refractivity contribution in [3.8, 4) is 11.1 Å². The second kappa shape index (κ2) is 9.03. The number of anilines is 1. The van der Waals surface area contributed by atoms with Crippen LogP contribution in [0.4, 0.5) is 5.69 Å². The largest absolute Gasteiger partial charge is 0.383 e. The molecule has 0 fully saturated rings. The maximum atomic E-state index is 13.3. The Morgan fingerprint density at radius 2 is 1.87 bits per heavy atom. The Morgan fingerprint density at radius 1 is 1.13 bits per heavy atom. The number of guanidine groups is 1. The molecule has 6 N–H and O–H groups in total. The molecule has 1 atom stereocenters. The number of hydrogen-bond acceptors (Lipinski definition) is 5. The first-order valence-electron chi connectivity index (χ1n) is 8.95. The van der Waals surface area contributed by atoms with Gasteiger partial charge in [-0.3, -0.25) is 10.8 Å². The molecule has 3 aromatic rings. The molecule has 2 aromatic carbocycles. The fourth-order valence-electron chi connectivity index (χ4n) is 2.99. The van der Waals surface area contributed by atoms with Gasteiger partial charge in [0.15, 0.2) is 5.96 Å². The monoisotopic (exact) mass is 457 g/mol. The fraction of sp³-hybridized carbons (Fsp3) is 0.143. The number of nitrogen functional groups attached to an aromatic ring is 1. The Balaban J connectivity index is 1.98. The second-order valence-corrected chi connectivity index (χ2v) is 10.2. The van der Waals surface area contributed by atoms with E-state index in [1.807, 2.05) is 55.6 Å². The van der Waals surface area contributed by atoms with Crippen molar-refractivity contribution in [1.29, 1.82) is 10.8 Å². The molecule has 0 aliphatic carbocycles. The predicted octanol–water partition coefficient (Wildman–Crippen LogP) is 4.23. The van der Waals surface area contributed by atoms with Crippen LogP contribution in [0.3, 0.4) is 0 Å². The molecule has 30 heavy (non-hydrogen) atoms. The Bertz CT molecular complexity index is 1160. The van der Waals surface area contributed by atoms with E-state index in [2.05, 4.69) is 0 Å². The van der Waals surface area contributed by atoms with E-state index in [0.717, 1.165) is 26.6 Å². The lowest BCUT2D eigenvalue weighted by molar-refractivity contribution is 0.682. The number of nitrogens with zero attached hydrogens (tertiary/aromatic N) is 1. The first-order chi connectivity index (χ1) is 14.2. The highest BCUT2D eigenvalue weighted by Gasteiger charge is 2.18. The van der Waals surface area contributed by atoms with E-state index in [1.165, 1.54) is 23.1 Å². The van der Waals surface area contributed by atoms with E-state index < -0.39 is 10.8 Å². The van der Waals surface area contributed by atoms with Crippen LogP contribution in [0.15, 0.2) is 62.5 Å². The number of amidine groups is 1. The highest BCUT2D eigenvalue weighted by molar-refractivity contribution is 8.01. The van der Waals surface area contributed by atoms with Gasteiger partial charge in [0.1, 0.15) is 5.84 Å². The fourth-order valence-corrected chi connectivity index (χ4v) is 6.47. The number of thiophene rings is 1. The summed E-state index contributed by atoms with van der Waals surface area (Å²) in [5.41, 5.74) is 15.0. The normalized spacial score (nSPS) is 11.8. The van der Waals surface area contributed by atoms with Gasteiger partial charge in [-0.05, 0) is 60.2 Å². The van der Waals surface area contributed by atoms with Crippen molar-refractivity contribution >= 4 is 51.4 Å². The standard InChI is InChI=1S/C21H23N5OS3/c1-12-9-14(26(2)21(24)25)7-8-16(12)13-5-4-6-15(10-13)30(27)18-11-17(19(22)23)29-20(18)28-3/h4-11H,1-3H3,(H3,22,23)(H3,24,25). The summed E-state index contributed by atoms with van der Waals surface area (Å²) in [4.78, 5) is 3.61. The molecule has 0 radical (unpaired) electrons. The van der Waals surface area contributed by atoms with Gasteiger partial charge in [0.25, 0.3) is 0 Å². The van der Waals surface area contributed by atoms with Crippen LogP contribution in [-0.2, 0) is 10.8 Å². The van der Waals surface area contributed by atoms with Crippen LogP contribution in [0, 0.1) is 17.7 Å². The number of thioether (sulfide) groups is 1. The van der Waals surface area contributed by atoms with Gasteiger partial charge in [0.2, 0.25) is 0 Å². The second-order valence-electron chi connectivity index (χ2n) is 6.62. The summed E-state index contributed by atoms with van der Waals surface area (Å²) >= 11 is 2.90. The van der Waals surface area contributed by atoms with Crippen LogP contribution in [0.5, 0.6) is 0 Å². The van der Waals surface area contributed by atoms with E-state index in [1.54, 1.807) is 18.0 Å². The van der Waals surface area contributed by atoms with Gasteiger partial charge in [-0.1, -0.05) is 18.2 Å². The molecule has 0 aliphatic rings. The summed E-state index contributed by atoms with van der Waals surface area (Å²) in [6.07, 6.45) is 1.93. The number of benzene rings is 2. The van der Waals surface area contributed by atoms with Crippen molar-refractivity contribution in [2.45, 2.75) is 20.9 Å². The first-order valence-corrected chi connectivity index (χ1v) is 12.1. The third kappa shape index (κ3) is 4.43. The predicted molar refractivity (Wildman–Crippen MR) is 129 cm³/mol. The quantitative estimate of drug-likeness (QED) is 0.251. The molecule has 6 nitrogen and oxygen atoms in total. The average molecular weight is 458 g/mol. The minimum Gasteiger partial charge on any atom is -0.383 e. The van der Waals surface area contributed by atoms with Gasteiger partial charge in [-0.2, -0.15) is 0 Å². The lowest BCUT2D eigenvalue weighted by Gasteiger charge is -2.18. The zero-order valence-electron chi connectivity index (χ0n) is 16.9. The van der Waals surface area contributed by atoms with Crippen molar-refractivity contribution in [3.05, 3.63) is 59.0 Å². The van der Waals surface area contributed by atoms with Gasteiger partial charge < -0.3 is 16.4 Å². The lowest BCUT2D eigenvalue weighted by atomic mass is 10.00. The molecule has 1 heterocycles. The minimum absolute atomic E-state index is 0.0152. The molecule has 0 spiro atoms. The molecule has 0 amide bonds. The molecule has 156 valence electrons. The van der Waals surface area contributed by atoms with Gasteiger partial charge in [-0.15, -0.1) is 23.1 Å². The Morgan fingerprint density at radius 3 is 2.47 bits per heavy atom. The maximum absolute atomic E-state index is 13.3. The summed E-state index contributed by atoms with van der Waals surface area (Å²) in [5, 5.41) is 15.3. The molecule has 9 heteroatoms. The van der Waals surface area contributed by atoms with Crippen LogP contribution < -0.4 is 16.4 Å². The van der Waals surface area contributed by atoms with Gasteiger partial charge in [0, 0.05) is 17.6 Å². The highest BCUT2D eigenvalue weighted by atomic mass is 32.2. The van der Waals surface area contributed by atoms with Crippen molar-refractivity contribution in [1.82, 2.24) is 0 Å². The molecule has 0 saturated carbocycles. The Hall–Kier alpha value is -2.62. The molecule has 0 bridgehead atoms. The zero-order chi connectivity index (χ0) is 22.0. The van der Waals surface area contributed by atoms with Crippen molar-refractivity contribution in [2.24, 2.45) is 11.5 Å². The lowest BCUT2D eigenvalue weighted by Crippen LogP contribution is -2.32. The minimum atomic E-state index is -1.38. The van der Waals surface area contributed by atoms with Crippen molar-refractivity contribution in [2.75, 3.05) is 18.2 Å². The molecule has 0 aliphatic heterocycles. The zero-order valence-corrected chi connectivity index (χ0v) is 19.3. The number of rotatable bonds is 6. The van der Waals surface area contributed by atoms with Gasteiger partial charge in [0.05, 0.1) is 24.8 Å². The molecule has 3 rings (SSSR count).